The first-order chi connectivity index (χ1) is 10.1. The van der Waals surface area contributed by atoms with Gasteiger partial charge in [-0.05, 0) is 24.1 Å². The first-order valence-electron chi connectivity index (χ1n) is 7.42. The van der Waals surface area contributed by atoms with Gasteiger partial charge in [0, 0.05) is 35.0 Å². The molecule has 0 aliphatic carbocycles. The molecule has 2 rings (SSSR count). The van der Waals surface area contributed by atoms with E-state index in [2.05, 4.69) is 6.92 Å². The highest BCUT2D eigenvalue weighted by Crippen LogP contribution is 2.13. The molecule has 1 aromatic rings. The smallest absolute Gasteiger partial charge is 0.227 e. The van der Waals surface area contributed by atoms with Crippen LogP contribution in [0.2, 0.25) is 0 Å². The number of rotatable bonds is 5. The van der Waals surface area contributed by atoms with Gasteiger partial charge < -0.3 is 9.64 Å². The van der Waals surface area contributed by atoms with Crippen molar-refractivity contribution in [3.8, 4) is 0 Å². The van der Waals surface area contributed by atoms with E-state index >= 15 is 0 Å². The summed E-state index contributed by atoms with van der Waals surface area (Å²) in [6.07, 6.45) is 4.30. The second kappa shape index (κ2) is 7.71. The normalized spacial score (nSPS) is 20.3. The molecule has 116 valence electrons. The van der Waals surface area contributed by atoms with Crippen LogP contribution in [0.5, 0.6) is 0 Å². The summed E-state index contributed by atoms with van der Waals surface area (Å²) >= 11 is 0. The van der Waals surface area contributed by atoms with Crippen molar-refractivity contribution < 1.29 is 13.7 Å². The third-order valence-electron chi connectivity index (χ3n) is 3.71. The Labute approximate surface area is 128 Å². The Morgan fingerprint density at radius 3 is 2.71 bits per heavy atom. The molecule has 21 heavy (non-hydrogen) atoms. The van der Waals surface area contributed by atoms with Crippen LogP contribution in [-0.2, 0) is 26.8 Å². The number of ether oxygens (including phenoxy) is 1. The quantitative estimate of drug-likeness (QED) is 0.836. The van der Waals surface area contributed by atoms with E-state index in [1.54, 1.807) is 6.26 Å². The minimum atomic E-state index is -0.973. The van der Waals surface area contributed by atoms with Crippen molar-refractivity contribution in [2.45, 2.75) is 37.2 Å². The third kappa shape index (κ3) is 4.64. The van der Waals surface area contributed by atoms with E-state index in [0.29, 0.717) is 26.1 Å². The number of carbonyl (C=O) groups excluding carboxylic acids is 1. The Kier molecular flexibility index (Phi) is 5.94. The molecule has 0 bridgehead atoms. The second-order valence-electron chi connectivity index (χ2n) is 5.40. The Bertz CT molecular complexity index is 499. The van der Waals surface area contributed by atoms with Gasteiger partial charge in [0.05, 0.1) is 19.1 Å². The van der Waals surface area contributed by atoms with E-state index in [-0.39, 0.29) is 12.0 Å². The molecule has 2 atom stereocenters. The standard InChI is InChI=1S/C16H23NO3S/c1-3-4-14-12-17(9-10-20-14)16(18)11-13-5-7-15(8-6-13)21(2)19/h5-8,14H,3-4,9-12H2,1-2H3/t14-,21+/m1/s1. The van der Waals surface area contributed by atoms with Gasteiger partial charge in [0.15, 0.2) is 0 Å². The molecule has 1 aliphatic heterocycles. The lowest BCUT2D eigenvalue weighted by atomic mass is 10.1. The fourth-order valence-corrected chi connectivity index (χ4v) is 3.05. The number of morpholine rings is 1. The highest BCUT2D eigenvalue weighted by molar-refractivity contribution is 7.84. The molecule has 0 unspecified atom stereocenters. The van der Waals surface area contributed by atoms with Gasteiger partial charge in [-0.25, -0.2) is 0 Å². The van der Waals surface area contributed by atoms with Crippen LogP contribution in [0.4, 0.5) is 0 Å². The molecule has 4 nitrogen and oxygen atoms in total. The van der Waals surface area contributed by atoms with Gasteiger partial charge in [0.2, 0.25) is 5.91 Å². The molecule has 1 heterocycles. The summed E-state index contributed by atoms with van der Waals surface area (Å²) in [5, 5.41) is 0. The van der Waals surface area contributed by atoms with Crippen LogP contribution in [0, 0.1) is 0 Å². The maximum Gasteiger partial charge on any atom is 0.227 e. The molecule has 0 aromatic heterocycles. The SMILES string of the molecule is CCC[C@@H]1CN(C(=O)Cc2ccc([S@](C)=O)cc2)CCO1. The molecule has 1 aliphatic rings. The van der Waals surface area contributed by atoms with Gasteiger partial charge in [-0.2, -0.15) is 0 Å². The van der Waals surface area contributed by atoms with Crippen LogP contribution in [0.15, 0.2) is 29.2 Å². The molecular formula is C16H23NO3S. The number of benzene rings is 1. The summed E-state index contributed by atoms with van der Waals surface area (Å²) in [6, 6.07) is 7.44. The highest BCUT2D eigenvalue weighted by atomic mass is 32.2. The van der Waals surface area contributed by atoms with Crippen molar-refractivity contribution in [3.05, 3.63) is 29.8 Å². The fraction of sp³-hybridized carbons (Fsp3) is 0.562. The van der Waals surface area contributed by atoms with Crippen molar-refractivity contribution in [2.24, 2.45) is 0 Å². The molecule has 1 amide bonds. The van der Waals surface area contributed by atoms with Crippen molar-refractivity contribution in [1.82, 2.24) is 4.90 Å². The highest BCUT2D eigenvalue weighted by Gasteiger charge is 2.23. The monoisotopic (exact) mass is 309 g/mol. The van der Waals surface area contributed by atoms with Crippen LogP contribution in [0.3, 0.4) is 0 Å². The minimum Gasteiger partial charge on any atom is -0.375 e. The molecular weight excluding hydrogens is 286 g/mol. The van der Waals surface area contributed by atoms with Crippen LogP contribution >= 0.6 is 0 Å². The summed E-state index contributed by atoms with van der Waals surface area (Å²) in [4.78, 5) is 15.0. The Morgan fingerprint density at radius 1 is 1.38 bits per heavy atom. The first kappa shape index (κ1) is 16.2. The van der Waals surface area contributed by atoms with Crippen LogP contribution < -0.4 is 0 Å². The Balaban J connectivity index is 1.92. The maximum atomic E-state index is 12.3. The topological polar surface area (TPSA) is 46.6 Å². The molecule has 0 saturated carbocycles. The predicted molar refractivity (Wildman–Crippen MR) is 83.7 cm³/mol. The van der Waals surface area contributed by atoms with Crippen LogP contribution in [0.25, 0.3) is 0 Å². The molecule has 0 N–H and O–H groups in total. The van der Waals surface area contributed by atoms with E-state index in [0.717, 1.165) is 23.3 Å². The van der Waals surface area contributed by atoms with Crippen molar-refractivity contribution in [1.29, 1.82) is 0 Å². The molecule has 5 heteroatoms. The van der Waals surface area contributed by atoms with Crippen molar-refractivity contribution >= 4 is 16.7 Å². The zero-order chi connectivity index (χ0) is 15.2. The molecule has 0 radical (unpaired) electrons. The first-order valence-corrected chi connectivity index (χ1v) is 8.97. The lowest BCUT2D eigenvalue weighted by molar-refractivity contribution is -0.138. The lowest BCUT2D eigenvalue weighted by Gasteiger charge is -2.33. The van der Waals surface area contributed by atoms with Gasteiger partial charge in [-0.3, -0.25) is 9.00 Å². The van der Waals surface area contributed by atoms with Gasteiger partial charge in [-0.15, -0.1) is 0 Å². The summed E-state index contributed by atoms with van der Waals surface area (Å²) in [5.74, 6) is 0.143. The largest absolute Gasteiger partial charge is 0.375 e. The molecule has 0 spiro atoms. The van der Waals surface area contributed by atoms with Gasteiger partial charge in [-0.1, -0.05) is 25.5 Å². The van der Waals surface area contributed by atoms with Gasteiger partial charge in [0.1, 0.15) is 0 Å². The van der Waals surface area contributed by atoms with E-state index in [1.807, 2.05) is 29.2 Å². The number of hydrogen-bond acceptors (Lipinski definition) is 3. The zero-order valence-corrected chi connectivity index (χ0v) is 13.5. The molecule has 1 fully saturated rings. The van der Waals surface area contributed by atoms with Crippen molar-refractivity contribution in [3.63, 3.8) is 0 Å². The minimum absolute atomic E-state index is 0.143. The summed E-state index contributed by atoms with van der Waals surface area (Å²) in [5.41, 5.74) is 0.965. The molecule has 1 aromatic carbocycles. The van der Waals surface area contributed by atoms with Crippen LogP contribution in [-0.4, -0.2) is 47.1 Å². The average molecular weight is 309 g/mol. The third-order valence-corrected chi connectivity index (χ3v) is 4.65. The van der Waals surface area contributed by atoms with Crippen LogP contribution in [0.1, 0.15) is 25.3 Å². The summed E-state index contributed by atoms with van der Waals surface area (Å²) < 4.78 is 17.0. The number of hydrogen-bond donors (Lipinski definition) is 0. The number of nitrogens with zero attached hydrogens (tertiary/aromatic N) is 1. The summed E-state index contributed by atoms with van der Waals surface area (Å²) in [6.45, 7) is 4.13. The maximum absolute atomic E-state index is 12.3. The Morgan fingerprint density at radius 2 is 2.10 bits per heavy atom. The average Bonchev–Trinajstić information content (AvgIpc) is 2.48. The van der Waals surface area contributed by atoms with Crippen molar-refractivity contribution in [2.75, 3.05) is 26.0 Å². The summed E-state index contributed by atoms with van der Waals surface area (Å²) in [7, 11) is -0.973. The van der Waals surface area contributed by atoms with E-state index in [9.17, 15) is 9.00 Å². The Hall–Kier alpha value is -1.20. The number of amides is 1. The van der Waals surface area contributed by atoms with E-state index in [4.69, 9.17) is 4.74 Å². The fourth-order valence-electron chi connectivity index (χ4n) is 2.53. The zero-order valence-electron chi connectivity index (χ0n) is 12.7. The van der Waals surface area contributed by atoms with E-state index in [1.165, 1.54) is 0 Å². The number of carbonyl (C=O) groups is 1. The molecule has 1 saturated heterocycles. The predicted octanol–water partition coefficient (Wildman–Crippen LogP) is 1.99. The second-order valence-corrected chi connectivity index (χ2v) is 6.78. The lowest BCUT2D eigenvalue weighted by Crippen LogP contribution is -2.46. The van der Waals surface area contributed by atoms with Gasteiger partial charge >= 0.3 is 0 Å². The van der Waals surface area contributed by atoms with Gasteiger partial charge in [0.25, 0.3) is 0 Å². The van der Waals surface area contributed by atoms with E-state index < -0.39 is 10.8 Å².